The summed E-state index contributed by atoms with van der Waals surface area (Å²) in [7, 11) is 0. The van der Waals surface area contributed by atoms with E-state index in [1.807, 2.05) is 0 Å². The molecule has 134 valence electrons. The highest BCUT2D eigenvalue weighted by Gasteiger charge is 1.75. The second-order valence-electron chi connectivity index (χ2n) is 2.12. The minimum absolute atomic E-state index is 0. The number of hydrogen-bond donors (Lipinski definition) is 4. The van der Waals surface area contributed by atoms with Crippen molar-refractivity contribution in [3.8, 4) is 0 Å². The first-order valence-corrected chi connectivity index (χ1v) is 4.73. The Hall–Kier alpha value is -2.48. The molecule has 0 aliphatic rings. The van der Waals surface area contributed by atoms with Crippen LogP contribution in [-0.2, 0) is 19.2 Å². The Morgan fingerprint density at radius 2 is 0.636 bits per heavy atom. The minimum Gasteiger partial charge on any atom is -0.222 e. The highest BCUT2D eigenvalue weighted by molar-refractivity contribution is 5.26. The monoisotopic (exact) mass is 322 g/mol. The van der Waals surface area contributed by atoms with Gasteiger partial charge >= 0.3 is 0 Å². The smallest absolute Gasteiger partial charge is 0.222 e. The van der Waals surface area contributed by atoms with Gasteiger partial charge in [-0.05, 0) is 0 Å². The van der Waals surface area contributed by atoms with Gasteiger partial charge in [-0.25, -0.2) is 40.8 Å². The number of rotatable bonds is 3. The summed E-state index contributed by atoms with van der Waals surface area (Å²) >= 11 is 0. The topological polar surface area (TPSA) is 164 Å². The van der Waals surface area contributed by atoms with Crippen molar-refractivity contribution in [2.45, 2.75) is 69.2 Å². The summed E-state index contributed by atoms with van der Waals surface area (Å²) in [6, 6.07) is 0. The average molecular weight is 322 g/mol. The van der Waals surface area contributed by atoms with Crippen LogP contribution in [0.25, 0.3) is 0 Å². The molecule has 0 atom stereocenters. The zero-order chi connectivity index (χ0) is 15.7. The average Bonchev–Trinajstić information content (AvgIpc) is 2.30. The highest BCUT2D eigenvalue weighted by atomic mass is 16.1. The maximum Gasteiger partial charge on any atom is 0.231 e. The molecule has 8 nitrogen and oxygen atoms in total. The third-order valence-electron chi connectivity index (χ3n) is 0.957. The number of nitrogens with one attached hydrogen (secondary N) is 4. The zero-order valence-corrected chi connectivity index (χ0v) is 10.5. The van der Waals surface area contributed by atoms with E-state index in [9.17, 15) is 0 Å². The molecule has 0 aromatic rings. The predicted molar refractivity (Wildman–Crippen MR) is 90.4 cm³/mol. The van der Waals surface area contributed by atoms with Crippen molar-refractivity contribution in [1.82, 2.24) is 0 Å². The molecule has 0 spiro atoms. The summed E-state index contributed by atoms with van der Waals surface area (Å²) < 4.78 is 0. The minimum atomic E-state index is 0. The highest BCUT2D eigenvalue weighted by Crippen LogP contribution is 1.95. The second-order valence-corrected chi connectivity index (χ2v) is 2.12. The summed E-state index contributed by atoms with van der Waals surface area (Å²) in [5.41, 5.74) is 0. The van der Waals surface area contributed by atoms with E-state index in [2.05, 4.69) is 13.8 Å². The van der Waals surface area contributed by atoms with Gasteiger partial charge in [0.1, 0.15) is 0 Å². The van der Waals surface area contributed by atoms with Gasteiger partial charge in [-0.2, -0.15) is 0 Å². The molecule has 4 N–H and O–H groups in total. The lowest BCUT2D eigenvalue weighted by atomic mass is 10.2. The fraction of sp³-hybridized carbons (Fsp3) is 0.714. The van der Waals surface area contributed by atoms with Crippen molar-refractivity contribution in [3.05, 3.63) is 0 Å². The Morgan fingerprint density at radius 3 is 0.682 bits per heavy atom. The van der Waals surface area contributed by atoms with E-state index in [4.69, 9.17) is 40.8 Å². The number of unbranched alkanes of at least 4 members (excludes halogenated alkanes) is 3. The van der Waals surface area contributed by atoms with Gasteiger partial charge < -0.3 is 0 Å². The molecule has 0 amide bonds. The maximum absolute atomic E-state index is 8.35. The van der Waals surface area contributed by atoms with Crippen molar-refractivity contribution < 1.29 is 19.2 Å². The SMILES string of the molecule is C.C.C.C.CCCCCC.N=C=O.N=C=O.N=C=O.N=C=O. The fourth-order valence-electron chi connectivity index (χ4n) is 0.500. The summed E-state index contributed by atoms with van der Waals surface area (Å²) in [5.74, 6) is 0. The molecule has 0 fully saturated rings. The standard InChI is InChI=1S/C6H14.4CHNO.4CH4/c1-3-5-6-4-2;4*2-1-3;;;;/h3-6H2,1-2H3;4*2H;4*1H4. The first-order valence-electron chi connectivity index (χ1n) is 4.73. The van der Waals surface area contributed by atoms with E-state index < -0.39 is 0 Å². The zero-order valence-electron chi connectivity index (χ0n) is 10.5. The van der Waals surface area contributed by atoms with E-state index in [1.54, 1.807) is 0 Å². The van der Waals surface area contributed by atoms with E-state index in [-0.39, 0.29) is 29.7 Å². The molecular weight excluding hydrogens is 288 g/mol. The molecule has 0 aliphatic carbocycles. The van der Waals surface area contributed by atoms with Gasteiger partial charge in [0.15, 0.2) is 0 Å². The van der Waals surface area contributed by atoms with Crippen LogP contribution in [0.4, 0.5) is 0 Å². The molecule has 0 aromatic carbocycles. The number of carbonyl (C=O) groups excluding carboxylic acids is 4. The van der Waals surface area contributed by atoms with Crippen LogP contribution >= 0.6 is 0 Å². The predicted octanol–water partition coefficient (Wildman–Crippen LogP) is 4.73. The van der Waals surface area contributed by atoms with Gasteiger partial charge in [-0.15, -0.1) is 0 Å². The maximum atomic E-state index is 8.35. The number of hydrogen-bond acceptors (Lipinski definition) is 8. The molecule has 0 bridgehead atoms. The van der Waals surface area contributed by atoms with E-state index in [1.165, 1.54) is 25.7 Å². The van der Waals surface area contributed by atoms with Gasteiger partial charge in [0, 0.05) is 0 Å². The van der Waals surface area contributed by atoms with Crippen molar-refractivity contribution in [1.29, 1.82) is 21.6 Å². The van der Waals surface area contributed by atoms with Crippen molar-refractivity contribution in [3.63, 3.8) is 0 Å². The Kier molecular flexibility index (Phi) is 513. The summed E-state index contributed by atoms with van der Waals surface area (Å²) in [6.45, 7) is 4.46. The van der Waals surface area contributed by atoms with Gasteiger partial charge in [-0.1, -0.05) is 69.2 Å². The van der Waals surface area contributed by atoms with E-state index in [0.29, 0.717) is 0 Å². The third kappa shape index (κ3) is 17700. The molecule has 0 aromatic heterocycles. The Morgan fingerprint density at radius 1 is 0.545 bits per heavy atom. The normalized spacial score (nSPS) is 3.91. The summed E-state index contributed by atoms with van der Waals surface area (Å²) in [6.07, 6.45) is 8.54. The lowest BCUT2D eigenvalue weighted by Gasteiger charge is -1.86. The number of isocyanates is 4. The Bertz CT molecular complexity index is 206. The molecule has 0 radical (unpaired) electrons. The van der Waals surface area contributed by atoms with Crippen LogP contribution in [0.5, 0.6) is 0 Å². The van der Waals surface area contributed by atoms with Crippen molar-refractivity contribution in [2.75, 3.05) is 0 Å². The largest absolute Gasteiger partial charge is 0.231 e. The van der Waals surface area contributed by atoms with Gasteiger partial charge in [0.25, 0.3) is 0 Å². The van der Waals surface area contributed by atoms with E-state index >= 15 is 0 Å². The Labute approximate surface area is 135 Å². The van der Waals surface area contributed by atoms with Gasteiger partial charge in [0.05, 0.1) is 0 Å². The lowest BCUT2D eigenvalue weighted by molar-refractivity contribution is 0.562. The molecule has 0 saturated carbocycles. The van der Waals surface area contributed by atoms with Crippen LogP contribution in [0.1, 0.15) is 69.2 Å². The molecular formula is C14H34N4O4. The molecule has 0 saturated heterocycles. The van der Waals surface area contributed by atoms with Crippen molar-refractivity contribution in [2.24, 2.45) is 0 Å². The van der Waals surface area contributed by atoms with Crippen molar-refractivity contribution >= 4 is 24.3 Å². The van der Waals surface area contributed by atoms with E-state index in [0.717, 1.165) is 24.3 Å². The molecule has 0 heterocycles. The molecule has 0 unspecified atom stereocenters. The lowest BCUT2D eigenvalue weighted by Crippen LogP contribution is -1.66. The van der Waals surface area contributed by atoms with Crippen LogP contribution in [0.15, 0.2) is 0 Å². The quantitative estimate of drug-likeness (QED) is 0.335. The molecule has 22 heavy (non-hydrogen) atoms. The van der Waals surface area contributed by atoms with Crippen LogP contribution in [0.2, 0.25) is 0 Å². The summed E-state index contributed by atoms with van der Waals surface area (Å²) in [4.78, 5) is 33.4. The van der Waals surface area contributed by atoms with Crippen LogP contribution in [-0.4, -0.2) is 24.3 Å². The Balaban J connectivity index is -0.0000000136. The first kappa shape index (κ1) is 60.5. The van der Waals surface area contributed by atoms with Gasteiger partial charge in [-0.3, -0.25) is 0 Å². The van der Waals surface area contributed by atoms with Crippen LogP contribution in [0.3, 0.4) is 0 Å². The second kappa shape index (κ2) is 187. The first-order chi connectivity index (χ1) is 8.57. The van der Waals surface area contributed by atoms with Crippen LogP contribution < -0.4 is 0 Å². The molecule has 0 rings (SSSR count). The molecule has 8 heteroatoms. The third-order valence-corrected chi connectivity index (χ3v) is 0.957. The molecule has 0 aliphatic heterocycles. The van der Waals surface area contributed by atoms with Gasteiger partial charge in [0.2, 0.25) is 24.3 Å². The van der Waals surface area contributed by atoms with Crippen LogP contribution in [0, 0.1) is 21.6 Å². The summed E-state index contributed by atoms with van der Waals surface area (Å²) in [5, 5.41) is 21.6. The fourth-order valence-corrected chi connectivity index (χ4v) is 0.500.